The molecular weight excluding hydrogens is 203 g/mol. The smallest absolute Gasteiger partial charge is 0.482 e. The molecule has 16 heavy (non-hydrogen) atoms. The van der Waals surface area contributed by atoms with Crippen LogP contribution in [-0.4, -0.2) is 22.8 Å². The second-order valence-electron chi connectivity index (χ2n) is 3.03. The van der Waals surface area contributed by atoms with Crippen molar-refractivity contribution in [2.75, 3.05) is 0 Å². The number of aromatic hydroxyl groups is 1. The zero-order chi connectivity index (χ0) is 11.8. The lowest BCUT2D eigenvalue weighted by molar-refractivity contribution is 0.448. The van der Waals surface area contributed by atoms with E-state index in [9.17, 15) is 0 Å². The molecule has 0 saturated heterocycles. The molecule has 0 spiro atoms. The summed E-state index contributed by atoms with van der Waals surface area (Å²) >= 11 is 0. The summed E-state index contributed by atoms with van der Waals surface area (Å²) in [4.78, 5) is 0. The van der Waals surface area contributed by atoms with Gasteiger partial charge in [0.25, 0.3) is 0 Å². The Morgan fingerprint density at radius 2 is 1.12 bits per heavy atom. The molecule has 2 aromatic rings. The molecule has 0 aromatic heterocycles. The van der Waals surface area contributed by atoms with E-state index in [0.717, 1.165) is 5.56 Å². The van der Waals surface area contributed by atoms with Crippen LogP contribution < -0.4 is 0 Å². The van der Waals surface area contributed by atoms with Crippen molar-refractivity contribution in [2.24, 2.45) is 0 Å². The minimum atomic E-state index is 0. The second-order valence-corrected chi connectivity index (χ2v) is 3.03. The second kappa shape index (κ2) is 6.66. The summed E-state index contributed by atoms with van der Waals surface area (Å²) < 4.78 is 0. The Hall–Kier alpha value is -1.78. The molecule has 0 amide bonds. The predicted molar refractivity (Wildman–Crippen MR) is 63.7 cm³/mol. The summed E-state index contributed by atoms with van der Waals surface area (Å²) in [5.41, 5.74) is 2.29. The maximum absolute atomic E-state index is 9.10. The van der Waals surface area contributed by atoms with Gasteiger partial charge in [-0.25, -0.2) is 0 Å². The first-order chi connectivity index (χ1) is 7.77. The Morgan fingerprint density at radius 1 is 0.688 bits per heavy atom. The molecule has 0 saturated carbocycles. The molecule has 0 aliphatic rings. The third-order valence-corrected chi connectivity index (χ3v) is 1.97. The van der Waals surface area contributed by atoms with Gasteiger partial charge < -0.3 is 15.2 Å². The Kier molecular flexibility index (Phi) is 5.12. The van der Waals surface area contributed by atoms with Crippen LogP contribution in [0, 0.1) is 0 Å². The van der Waals surface area contributed by atoms with Gasteiger partial charge in [-0.1, -0.05) is 42.5 Å². The van der Waals surface area contributed by atoms with Gasteiger partial charge in [-0.15, -0.1) is 0 Å². The quantitative estimate of drug-likeness (QED) is 0.632. The third kappa shape index (κ3) is 3.77. The highest BCUT2D eigenvalue weighted by atomic mass is 16.4. The summed E-state index contributed by atoms with van der Waals surface area (Å²) in [5.74, 6) is 0.305. The largest absolute Gasteiger partial charge is 0.508 e. The van der Waals surface area contributed by atoms with E-state index in [4.69, 9.17) is 15.2 Å². The third-order valence-electron chi connectivity index (χ3n) is 1.97. The van der Waals surface area contributed by atoms with Gasteiger partial charge in [0.1, 0.15) is 5.75 Å². The Labute approximate surface area is 94.9 Å². The van der Waals surface area contributed by atoms with Crippen LogP contribution in [0.2, 0.25) is 0 Å². The molecule has 3 N–H and O–H groups in total. The number of benzene rings is 2. The minimum Gasteiger partial charge on any atom is -0.508 e. The van der Waals surface area contributed by atoms with Gasteiger partial charge in [-0.05, 0) is 23.3 Å². The number of phenols is 1. The summed E-state index contributed by atoms with van der Waals surface area (Å²) in [6.45, 7) is 0. The van der Waals surface area contributed by atoms with E-state index in [-0.39, 0.29) is 7.69 Å². The van der Waals surface area contributed by atoms with E-state index in [1.807, 2.05) is 42.5 Å². The SMILES string of the molecule is O[B]O.Oc1ccc(-c2ccccc2)cc1. The van der Waals surface area contributed by atoms with E-state index in [1.54, 1.807) is 12.1 Å². The number of phenolic OH excluding ortho intramolecular Hbond substituents is 1. The van der Waals surface area contributed by atoms with Crippen LogP contribution in [0.1, 0.15) is 0 Å². The Morgan fingerprint density at radius 3 is 1.62 bits per heavy atom. The molecule has 0 aliphatic carbocycles. The van der Waals surface area contributed by atoms with Crippen LogP contribution in [0.15, 0.2) is 54.6 Å². The normalized spacial score (nSPS) is 8.88. The molecule has 81 valence electrons. The fraction of sp³-hybridized carbons (Fsp3) is 0. The van der Waals surface area contributed by atoms with Gasteiger partial charge in [-0.3, -0.25) is 0 Å². The molecule has 3 nitrogen and oxygen atoms in total. The van der Waals surface area contributed by atoms with Gasteiger partial charge in [0, 0.05) is 0 Å². The average Bonchev–Trinajstić information content (AvgIpc) is 2.32. The first kappa shape index (κ1) is 12.3. The highest BCUT2D eigenvalue weighted by Crippen LogP contribution is 2.20. The molecule has 2 rings (SSSR count). The van der Waals surface area contributed by atoms with E-state index in [0.29, 0.717) is 5.75 Å². The van der Waals surface area contributed by atoms with Gasteiger partial charge in [-0.2, -0.15) is 0 Å². The molecule has 0 heterocycles. The highest BCUT2D eigenvalue weighted by Gasteiger charge is 1.94. The maximum atomic E-state index is 9.10. The average molecular weight is 215 g/mol. The van der Waals surface area contributed by atoms with Gasteiger partial charge in [0.05, 0.1) is 0 Å². The lowest BCUT2D eigenvalue weighted by Gasteiger charge is -2.00. The van der Waals surface area contributed by atoms with Gasteiger partial charge >= 0.3 is 7.69 Å². The molecule has 0 atom stereocenters. The standard InChI is InChI=1S/C12H10O.BH2O2/c13-12-8-6-11(7-9-12)10-4-2-1-3-5-10;2-1-3/h1-9,13H;2-3H. The zero-order valence-electron chi connectivity index (χ0n) is 8.62. The molecule has 0 aliphatic heterocycles. The van der Waals surface area contributed by atoms with Gasteiger partial charge in [0.2, 0.25) is 0 Å². The number of hydrogen-bond acceptors (Lipinski definition) is 3. The van der Waals surface area contributed by atoms with E-state index in [1.165, 1.54) is 5.56 Å². The molecule has 0 bridgehead atoms. The van der Waals surface area contributed by atoms with Crippen molar-refractivity contribution < 1.29 is 15.2 Å². The van der Waals surface area contributed by atoms with Gasteiger partial charge in [0.15, 0.2) is 0 Å². The first-order valence-electron chi connectivity index (χ1n) is 4.72. The summed E-state index contributed by atoms with van der Waals surface area (Å²) in [5, 5.41) is 23.1. The minimum absolute atomic E-state index is 0. The van der Waals surface area contributed by atoms with Crippen LogP contribution in [0.5, 0.6) is 5.75 Å². The Balaban J connectivity index is 0.000000386. The molecule has 4 heteroatoms. The number of hydrogen-bond donors (Lipinski definition) is 3. The highest BCUT2D eigenvalue weighted by molar-refractivity contribution is 6.13. The first-order valence-corrected chi connectivity index (χ1v) is 4.72. The van der Waals surface area contributed by atoms with E-state index < -0.39 is 0 Å². The molecule has 0 unspecified atom stereocenters. The fourth-order valence-corrected chi connectivity index (χ4v) is 1.28. The topological polar surface area (TPSA) is 60.7 Å². The van der Waals surface area contributed by atoms with Crippen molar-refractivity contribution in [3.8, 4) is 16.9 Å². The maximum Gasteiger partial charge on any atom is 0.482 e. The molecule has 0 fully saturated rings. The molecular formula is C12H12BO3. The summed E-state index contributed by atoms with van der Waals surface area (Å²) in [6, 6.07) is 17.3. The van der Waals surface area contributed by atoms with Crippen LogP contribution in [0.25, 0.3) is 11.1 Å². The number of rotatable bonds is 1. The lowest BCUT2D eigenvalue weighted by Crippen LogP contribution is -1.75. The molecule has 1 radical (unpaired) electrons. The van der Waals surface area contributed by atoms with E-state index >= 15 is 0 Å². The summed E-state index contributed by atoms with van der Waals surface area (Å²) in [7, 11) is 0. The van der Waals surface area contributed by atoms with Crippen molar-refractivity contribution in [1.29, 1.82) is 0 Å². The predicted octanol–water partition coefficient (Wildman–Crippen LogP) is 1.56. The molecule has 2 aromatic carbocycles. The van der Waals surface area contributed by atoms with E-state index in [2.05, 4.69) is 0 Å². The van der Waals surface area contributed by atoms with Crippen LogP contribution in [-0.2, 0) is 0 Å². The van der Waals surface area contributed by atoms with Crippen molar-refractivity contribution in [3.63, 3.8) is 0 Å². The lowest BCUT2D eigenvalue weighted by atomic mass is 10.1. The van der Waals surface area contributed by atoms with Crippen molar-refractivity contribution >= 4 is 7.69 Å². The zero-order valence-corrected chi connectivity index (χ0v) is 8.62. The van der Waals surface area contributed by atoms with Crippen LogP contribution >= 0.6 is 0 Å². The van der Waals surface area contributed by atoms with Crippen molar-refractivity contribution in [3.05, 3.63) is 54.6 Å². The van der Waals surface area contributed by atoms with Crippen LogP contribution in [0.3, 0.4) is 0 Å². The fourth-order valence-electron chi connectivity index (χ4n) is 1.28. The van der Waals surface area contributed by atoms with Crippen molar-refractivity contribution in [1.82, 2.24) is 0 Å². The summed E-state index contributed by atoms with van der Waals surface area (Å²) in [6.07, 6.45) is 0. The Bertz CT molecular complexity index is 400. The van der Waals surface area contributed by atoms with Crippen LogP contribution in [0.4, 0.5) is 0 Å². The monoisotopic (exact) mass is 215 g/mol. The van der Waals surface area contributed by atoms with Crippen molar-refractivity contribution in [2.45, 2.75) is 0 Å².